The molecule has 1 heterocycles. The van der Waals surface area contributed by atoms with Crippen LogP contribution in [0.3, 0.4) is 0 Å². The highest BCUT2D eigenvalue weighted by atomic mass is 16.5. The fraction of sp³-hybridized carbons (Fsp3) is 0.562. The van der Waals surface area contributed by atoms with Gasteiger partial charge < -0.3 is 15.2 Å². The van der Waals surface area contributed by atoms with Crippen LogP contribution >= 0.6 is 0 Å². The average Bonchev–Trinajstić information content (AvgIpc) is 2.36. The summed E-state index contributed by atoms with van der Waals surface area (Å²) in [4.78, 5) is 11.0. The van der Waals surface area contributed by atoms with Gasteiger partial charge in [0.15, 0.2) is 0 Å². The lowest BCUT2D eigenvalue weighted by atomic mass is 9.85. The summed E-state index contributed by atoms with van der Waals surface area (Å²) in [5.41, 5.74) is 0.830. The first-order chi connectivity index (χ1) is 9.37. The molecule has 20 heavy (non-hydrogen) atoms. The summed E-state index contributed by atoms with van der Waals surface area (Å²) < 4.78 is 5.06. The topological polar surface area (TPSA) is 58.6 Å². The van der Waals surface area contributed by atoms with Crippen LogP contribution in [-0.2, 0) is 4.79 Å². The molecule has 4 nitrogen and oxygen atoms in total. The minimum atomic E-state index is -0.593. The first kappa shape index (κ1) is 15.0. The van der Waals surface area contributed by atoms with Crippen molar-refractivity contribution in [2.24, 2.45) is 0 Å². The third kappa shape index (κ3) is 3.81. The van der Waals surface area contributed by atoms with Crippen LogP contribution in [0.2, 0.25) is 0 Å². The van der Waals surface area contributed by atoms with Crippen molar-refractivity contribution >= 4 is 5.97 Å². The van der Waals surface area contributed by atoms with E-state index in [-0.39, 0.29) is 17.6 Å². The average molecular weight is 277 g/mol. The Balaban J connectivity index is 2.12. The summed E-state index contributed by atoms with van der Waals surface area (Å²) in [6.07, 6.45) is 2.57. The second kappa shape index (κ2) is 5.94. The summed E-state index contributed by atoms with van der Waals surface area (Å²) in [5, 5.41) is 14.0. The second-order valence-corrected chi connectivity index (χ2v) is 6.14. The largest absolute Gasteiger partial charge is 0.427 e. The number of benzene rings is 1. The predicted molar refractivity (Wildman–Crippen MR) is 77.6 cm³/mol. The molecule has 1 fully saturated rings. The molecule has 2 rings (SSSR count). The van der Waals surface area contributed by atoms with Crippen LogP contribution in [0.25, 0.3) is 0 Å². The number of esters is 1. The molecule has 0 aromatic heterocycles. The zero-order valence-electron chi connectivity index (χ0n) is 12.3. The predicted octanol–water partition coefficient (Wildman–Crippen LogP) is 2.57. The van der Waals surface area contributed by atoms with E-state index in [1.165, 1.54) is 6.92 Å². The first-order valence-corrected chi connectivity index (χ1v) is 7.11. The normalized spacial score (nSPS) is 23.1. The van der Waals surface area contributed by atoms with E-state index in [0.29, 0.717) is 5.75 Å². The number of hydrogen-bond acceptors (Lipinski definition) is 4. The van der Waals surface area contributed by atoms with Gasteiger partial charge in [-0.15, -0.1) is 0 Å². The smallest absolute Gasteiger partial charge is 0.308 e. The van der Waals surface area contributed by atoms with Crippen molar-refractivity contribution in [3.8, 4) is 5.75 Å². The van der Waals surface area contributed by atoms with Gasteiger partial charge in [-0.2, -0.15) is 0 Å². The lowest BCUT2D eigenvalue weighted by molar-refractivity contribution is -0.131. The standard InChI is InChI=1S/C16H23NO3/c1-11(18)20-13-7-4-6-12(10-13)15(19)14-8-5-9-16(2,3)17-14/h4,6-7,10,14-15,17,19H,5,8-9H2,1-3H3/t14-,15-/m1/s1. The fourth-order valence-electron chi connectivity index (χ4n) is 2.81. The number of ether oxygens (including phenoxy) is 1. The van der Waals surface area contributed by atoms with E-state index in [2.05, 4.69) is 19.2 Å². The van der Waals surface area contributed by atoms with Gasteiger partial charge in [0.05, 0.1) is 6.10 Å². The van der Waals surface area contributed by atoms with Crippen molar-refractivity contribution in [1.29, 1.82) is 0 Å². The summed E-state index contributed by atoms with van der Waals surface area (Å²) >= 11 is 0. The molecule has 0 aliphatic carbocycles. The molecule has 110 valence electrons. The van der Waals surface area contributed by atoms with E-state index in [1.54, 1.807) is 18.2 Å². The molecular weight excluding hydrogens is 254 g/mol. The van der Waals surface area contributed by atoms with Gasteiger partial charge in [-0.3, -0.25) is 4.79 Å². The third-order valence-corrected chi connectivity index (χ3v) is 3.74. The lowest BCUT2D eigenvalue weighted by Gasteiger charge is -2.39. The highest BCUT2D eigenvalue weighted by molar-refractivity contribution is 5.69. The minimum absolute atomic E-state index is 0.0336. The SMILES string of the molecule is CC(=O)Oc1cccc([C@@H](O)[C@H]2CCCC(C)(C)N2)c1. The molecule has 0 unspecified atom stereocenters. The molecule has 4 heteroatoms. The van der Waals surface area contributed by atoms with Crippen molar-refractivity contribution in [3.63, 3.8) is 0 Å². The fourth-order valence-corrected chi connectivity index (χ4v) is 2.81. The molecule has 0 saturated carbocycles. The van der Waals surface area contributed by atoms with Gasteiger partial charge in [0.25, 0.3) is 0 Å². The van der Waals surface area contributed by atoms with Gasteiger partial charge in [-0.25, -0.2) is 0 Å². The Morgan fingerprint density at radius 1 is 1.50 bits per heavy atom. The molecule has 0 bridgehead atoms. The van der Waals surface area contributed by atoms with Gasteiger partial charge in [-0.05, 0) is 50.8 Å². The highest BCUT2D eigenvalue weighted by Crippen LogP contribution is 2.30. The molecule has 2 N–H and O–H groups in total. The van der Waals surface area contributed by atoms with Crippen LogP contribution in [0.5, 0.6) is 5.75 Å². The highest BCUT2D eigenvalue weighted by Gasteiger charge is 2.31. The van der Waals surface area contributed by atoms with Crippen LogP contribution in [0.15, 0.2) is 24.3 Å². The Morgan fingerprint density at radius 3 is 2.90 bits per heavy atom. The number of rotatable bonds is 3. The van der Waals surface area contributed by atoms with Crippen LogP contribution in [0.1, 0.15) is 51.7 Å². The second-order valence-electron chi connectivity index (χ2n) is 6.14. The minimum Gasteiger partial charge on any atom is -0.427 e. The van der Waals surface area contributed by atoms with Crippen LogP contribution in [-0.4, -0.2) is 22.7 Å². The van der Waals surface area contributed by atoms with Crippen LogP contribution < -0.4 is 10.1 Å². The maximum Gasteiger partial charge on any atom is 0.308 e. The molecule has 1 aromatic rings. The van der Waals surface area contributed by atoms with Gasteiger partial charge in [0.2, 0.25) is 0 Å². The lowest BCUT2D eigenvalue weighted by Crippen LogP contribution is -2.51. The maximum atomic E-state index is 11.0. The van der Waals surface area contributed by atoms with Gasteiger partial charge in [-0.1, -0.05) is 12.1 Å². The molecule has 0 radical (unpaired) electrons. The number of carbonyl (C=O) groups excluding carboxylic acids is 1. The van der Waals surface area contributed by atoms with E-state index in [9.17, 15) is 9.90 Å². The summed E-state index contributed by atoms with van der Waals surface area (Å²) in [7, 11) is 0. The van der Waals surface area contributed by atoms with Gasteiger partial charge in [0.1, 0.15) is 5.75 Å². The van der Waals surface area contributed by atoms with Gasteiger partial charge in [0, 0.05) is 18.5 Å². The monoisotopic (exact) mass is 277 g/mol. The maximum absolute atomic E-state index is 11.0. The van der Waals surface area contributed by atoms with Crippen molar-refractivity contribution in [3.05, 3.63) is 29.8 Å². The van der Waals surface area contributed by atoms with Crippen LogP contribution in [0, 0.1) is 0 Å². The van der Waals surface area contributed by atoms with Crippen LogP contribution in [0.4, 0.5) is 0 Å². The van der Waals surface area contributed by atoms with E-state index >= 15 is 0 Å². The number of piperidine rings is 1. The molecule has 1 aromatic carbocycles. The third-order valence-electron chi connectivity index (χ3n) is 3.74. The summed E-state index contributed by atoms with van der Waals surface area (Å²) in [6, 6.07) is 7.14. The number of aliphatic hydroxyl groups is 1. The Labute approximate surface area is 120 Å². The molecule has 1 aliphatic rings. The summed E-state index contributed by atoms with van der Waals surface area (Å²) in [5.74, 6) is 0.123. The quantitative estimate of drug-likeness (QED) is 0.658. The van der Waals surface area contributed by atoms with Crippen molar-refractivity contribution in [1.82, 2.24) is 5.32 Å². The Morgan fingerprint density at radius 2 is 2.25 bits per heavy atom. The molecule has 1 saturated heterocycles. The Kier molecular flexibility index (Phi) is 4.45. The number of aliphatic hydroxyl groups excluding tert-OH is 1. The van der Waals surface area contributed by atoms with Gasteiger partial charge >= 0.3 is 5.97 Å². The number of nitrogens with one attached hydrogen (secondary N) is 1. The van der Waals surface area contributed by atoms with E-state index in [0.717, 1.165) is 24.8 Å². The Hall–Kier alpha value is -1.39. The van der Waals surface area contributed by atoms with Crippen molar-refractivity contribution in [2.75, 3.05) is 0 Å². The molecule has 1 aliphatic heterocycles. The zero-order chi connectivity index (χ0) is 14.8. The first-order valence-electron chi connectivity index (χ1n) is 7.11. The molecule has 0 spiro atoms. The molecular formula is C16H23NO3. The Bertz CT molecular complexity index is 484. The zero-order valence-corrected chi connectivity index (χ0v) is 12.3. The number of hydrogen-bond donors (Lipinski definition) is 2. The van der Waals surface area contributed by atoms with Crippen molar-refractivity contribution < 1.29 is 14.6 Å². The van der Waals surface area contributed by atoms with E-state index in [4.69, 9.17) is 4.74 Å². The van der Waals surface area contributed by atoms with E-state index < -0.39 is 6.10 Å². The molecule has 0 amide bonds. The summed E-state index contributed by atoms with van der Waals surface area (Å²) in [6.45, 7) is 5.68. The molecule has 2 atom stereocenters. The van der Waals surface area contributed by atoms with E-state index in [1.807, 2.05) is 6.07 Å². The van der Waals surface area contributed by atoms with Crippen molar-refractivity contribution in [2.45, 2.75) is 57.7 Å². The number of carbonyl (C=O) groups is 1.